The first-order valence-electron chi connectivity index (χ1n) is 15.5. The van der Waals surface area contributed by atoms with E-state index in [1.54, 1.807) is 6.92 Å². The van der Waals surface area contributed by atoms with E-state index in [1.165, 1.54) is 30.1 Å². The van der Waals surface area contributed by atoms with Crippen LogP contribution >= 0.6 is 6.72 Å². The Morgan fingerprint density at radius 1 is 1.10 bits per heavy atom. The maximum atomic E-state index is 12.8. The van der Waals surface area contributed by atoms with Crippen molar-refractivity contribution in [2.75, 3.05) is 7.11 Å². The molecule has 1 fully saturated rings. The summed E-state index contributed by atoms with van der Waals surface area (Å²) in [6, 6.07) is 20.7. The zero-order chi connectivity index (χ0) is 35.6. The van der Waals surface area contributed by atoms with Crippen LogP contribution in [-0.4, -0.2) is 63.6 Å². The highest BCUT2D eigenvalue weighted by Crippen LogP contribution is 2.50. The Balaban J connectivity index is 1.58. The van der Waals surface area contributed by atoms with E-state index < -0.39 is 62.7 Å². The fraction of sp³-hybridized carbons (Fsp3) is 0.364. The summed E-state index contributed by atoms with van der Waals surface area (Å²) in [5.74, 6) is -0.144. The lowest BCUT2D eigenvalue weighted by Gasteiger charge is -2.46. The number of ether oxygens (including phenoxy) is 2. The molecule has 2 aromatic carbocycles. The average molecular weight is 730 g/mol. The van der Waals surface area contributed by atoms with Gasteiger partial charge in [-0.05, 0) is 34.1 Å². The van der Waals surface area contributed by atoms with Gasteiger partial charge in [0.25, 0.3) is 13.9 Å². The Morgan fingerprint density at radius 2 is 1.71 bits per heavy atom. The van der Waals surface area contributed by atoms with Gasteiger partial charge in [0.2, 0.25) is 0 Å². The maximum Gasteiger partial charge on any atom is 0.330 e. The van der Waals surface area contributed by atoms with E-state index in [0.717, 1.165) is 10.4 Å². The van der Waals surface area contributed by atoms with E-state index in [2.05, 4.69) is 9.97 Å². The number of aryl methyl sites for hydroxylation is 1. The van der Waals surface area contributed by atoms with Crippen LogP contribution in [0.25, 0.3) is 0 Å². The second kappa shape index (κ2) is 14.8. The number of rotatable bonds is 12. The van der Waals surface area contributed by atoms with Crippen molar-refractivity contribution in [1.29, 1.82) is 0 Å². The van der Waals surface area contributed by atoms with Crippen LogP contribution < -0.4 is 26.4 Å². The van der Waals surface area contributed by atoms with Crippen LogP contribution in [0.4, 0.5) is 0 Å². The van der Waals surface area contributed by atoms with Crippen LogP contribution in [0, 0.1) is 6.92 Å². The number of aromatic nitrogens is 3. The van der Waals surface area contributed by atoms with Gasteiger partial charge in [0, 0.05) is 30.4 Å². The third kappa shape index (κ3) is 7.80. The van der Waals surface area contributed by atoms with Crippen molar-refractivity contribution < 1.29 is 38.1 Å². The molecule has 3 heterocycles. The number of pyridine rings is 1. The quantitative estimate of drug-likeness (QED) is 0.0956. The van der Waals surface area contributed by atoms with Crippen molar-refractivity contribution in [3.05, 3.63) is 111 Å². The number of benzene rings is 2. The minimum Gasteiger partial charge on any atom is -0.503 e. The molecule has 4 N–H and O–H groups in total. The van der Waals surface area contributed by atoms with E-state index in [-0.39, 0.29) is 29.2 Å². The molecule has 4 aromatic rings. The van der Waals surface area contributed by atoms with E-state index in [0.29, 0.717) is 0 Å². The van der Waals surface area contributed by atoms with E-state index >= 15 is 0 Å². The number of methoxy groups -OCH3 is 1. The van der Waals surface area contributed by atoms with Crippen molar-refractivity contribution in [2.45, 2.75) is 70.5 Å². The Hall–Kier alpha value is -3.50. The molecule has 0 radical (unpaired) electrons. The van der Waals surface area contributed by atoms with Gasteiger partial charge in [-0.25, -0.2) is 4.79 Å². The molecule has 49 heavy (non-hydrogen) atoms. The Kier molecular flexibility index (Phi) is 11.1. The van der Waals surface area contributed by atoms with E-state index in [4.69, 9.17) is 34.8 Å². The van der Waals surface area contributed by atoms with Crippen molar-refractivity contribution in [2.24, 2.45) is 0 Å². The molecule has 2 aromatic heterocycles. The molecule has 1 saturated heterocycles. The molecule has 0 saturated carbocycles. The first kappa shape index (κ1) is 36.8. The highest BCUT2D eigenvalue weighted by molar-refractivity contribution is 8.07. The number of hydrogen-bond donors (Lipinski definition) is 4. The first-order valence-corrected chi connectivity index (χ1v) is 20.0. The number of H-pyrrole nitrogens is 1. The van der Waals surface area contributed by atoms with Crippen LogP contribution in [0.3, 0.4) is 0 Å². The van der Waals surface area contributed by atoms with Crippen molar-refractivity contribution in [1.82, 2.24) is 14.5 Å². The number of nitrogens with zero attached hydrogens (tertiary/aromatic N) is 2. The zero-order valence-corrected chi connectivity index (χ0v) is 30.4. The standard InChI is InChI=1S/C33H40N3O10PSSi/c1-21-19-36(32(40)35-30(21)39)27-18-25(37)29(44-27)31(45-47(41,48)43-20-24-28(38)26(42-5)16-17-34-24)46-49(33(2,3)4,22-12-8-6-9-13-22)23-14-10-7-11-15-23/h6-17,19,25,27,29,31,37-38H,18,20H2,1-5H3,(H,41,48)(H,35,39,40)/t25-,27+,29-,31?,47?/m0/s1. The summed E-state index contributed by atoms with van der Waals surface area (Å²) >= 11 is 5.47. The molecule has 0 bridgehead atoms. The molecule has 1 aliphatic rings. The van der Waals surface area contributed by atoms with Gasteiger partial charge in [0.1, 0.15) is 24.6 Å². The number of aliphatic hydroxyl groups excluding tert-OH is 1. The summed E-state index contributed by atoms with van der Waals surface area (Å²) in [4.78, 5) is 42.7. The van der Waals surface area contributed by atoms with Gasteiger partial charge in [-0.15, -0.1) is 0 Å². The van der Waals surface area contributed by atoms with Gasteiger partial charge in [0.15, 0.2) is 17.8 Å². The fourth-order valence-corrected chi connectivity index (χ4v) is 11.8. The molecule has 0 spiro atoms. The fourth-order valence-electron chi connectivity index (χ4n) is 5.96. The largest absolute Gasteiger partial charge is 0.503 e. The number of aliphatic hydroxyl groups is 1. The second-order valence-electron chi connectivity index (χ2n) is 12.6. The van der Waals surface area contributed by atoms with Crippen LogP contribution in [0.5, 0.6) is 11.5 Å². The van der Waals surface area contributed by atoms with Crippen molar-refractivity contribution in [3.8, 4) is 11.5 Å². The minimum atomic E-state index is -4.24. The maximum absolute atomic E-state index is 12.8. The second-order valence-corrected chi connectivity index (χ2v) is 19.7. The first-order chi connectivity index (χ1) is 23.2. The molecule has 2 unspecified atom stereocenters. The molecular weight excluding hydrogens is 690 g/mol. The molecule has 5 rings (SSSR count). The van der Waals surface area contributed by atoms with Crippen LogP contribution in [-0.2, 0) is 36.6 Å². The molecule has 262 valence electrons. The summed E-state index contributed by atoms with van der Waals surface area (Å²) in [5, 5.41) is 23.2. The number of aromatic hydroxyl groups is 1. The Morgan fingerprint density at radius 3 is 2.29 bits per heavy atom. The van der Waals surface area contributed by atoms with Gasteiger partial charge in [-0.2, -0.15) is 0 Å². The lowest BCUT2D eigenvalue weighted by Crippen LogP contribution is -2.69. The van der Waals surface area contributed by atoms with Gasteiger partial charge in [-0.1, -0.05) is 81.4 Å². The normalized spacial score (nSPS) is 20.1. The van der Waals surface area contributed by atoms with Gasteiger partial charge in [-0.3, -0.25) is 23.9 Å². The molecule has 0 amide bonds. The topological polar surface area (TPSA) is 175 Å². The third-order valence-electron chi connectivity index (χ3n) is 8.36. The van der Waals surface area contributed by atoms with Gasteiger partial charge in [0.05, 0.1) is 13.2 Å². The van der Waals surface area contributed by atoms with Gasteiger partial charge < -0.3 is 33.5 Å². The molecule has 1 aliphatic heterocycles. The predicted octanol–water partition coefficient (Wildman–Crippen LogP) is 2.96. The van der Waals surface area contributed by atoms with Crippen molar-refractivity contribution >= 4 is 37.2 Å². The summed E-state index contributed by atoms with van der Waals surface area (Å²) in [6.45, 7) is 2.98. The zero-order valence-electron chi connectivity index (χ0n) is 27.7. The Labute approximate surface area is 289 Å². The number of aromatic amines is 1. The monoisotopic (exact) mass is 729 g/mol. The van der Waals surface area contributed by atoms with Gasteiger partial charge >= 0.3 is 12.4 Å². The minimum absolute atomic E-state index is 0.0423. The van der Waals surface area contributed by atoms with Crippen LogP contribution in [0.2, 0.25) is 5.04 Å². The Bertz CT molecular complexity index is 1880. The third-order valence-corrected chi connectivity index (χ3v) is 14.9. The smallest absolute Gasteiger partial charge is 0.330 e. The predicted molar refractivity (Wildman–Crippen MR) is 188 cm³/mol. The lowest BCUT2D eigenvalue weighted by atomic mass is 10.2. The SMILES string of the molecule is COc1ccnc(COP(O)(=S)OC(O[Si](c2ccccc2)(c2ccccc2)C(C)(C)C)[C@H]2O[C@@H](n3cc(C)c(=O)[nH]c3=O)C[C@@H]2O)c1O. The molecule has 16 heteroatoms. The van der Waals surface area contributed by atoms with E-state index in [1.807, 2.05) is 81.4 Å². The van der Waals surface area contributed by atoms with E-state index in [9.17, 15) is 24.7 Å². The molecular formula is C33H40N3O10PSSi. The summed E-state index contributed by atoms with van der Waals surface area (Å²) in [6.07, 6.45) is -2.43. The summed E-state index contributed by atoms with van der Waals surface area (Å²) < 4.78 is 31.6. The molecule has 13 nitrogen and oxygen atoms in total. The molecule has 0 aliphatic carbocycles. The highest BCUT2D eigenvalue weighted by Gasteiger charge is 2.55. The summed E-state index contributed by atoms with van der Waals surface area (Å²) in [7, 11) is -2.06. The molecule has 5 atom stereocenters. The average Bonchev–Trinajstić information content (AvgIpc) is 3.45. The number of hydrogen-bond acceptors (Lipinski definition) is 11. The summed E-state index contributed by atoms with van der Waals surface area (Å²) in [5.41, 5.74) is -0.950. The number of nitrogens with one attached hydrogen (secondary N) is 1. The van der Waals surface area contributed by atoms with Crippen molar-refractivity contribution in [3.63, 3.8) is 0 Å². The highest BCUT2D eigenvalue weighted by atomic mass is 32.5. The lowest BCUT2D eigenvalue weighted by molar-refractivity contribution is -0.151. The van der Waals surface area contributed by atoms with Crippen LogP contribution in [0.15, 0.2) is 88.7 Å². The van der Waals surface area contributed by atoms with Crippen LogP contribution in [0.1, 0.15) is 44.7 Å².